The molecule has 0 fully saturated rings. The minimum absolute atomic E-state index is 0.0521. The van der Waals surface area contributed by atoms with Gasteiger partial charge in [-0.1, -0.05) is 64.1 Å². The highest BCUT2D eigenvalue weighted by Gasteiger charge is 2.50. The number of anilines is 2. The van der Waals surface area contributed by atoms with E-state index in [1.165, 1.54) is 61.9 Å². The van der Waals surface area contributed by atoms with Crippen molar-refractivity contribution >= 4 is 22.8 Å². The largest absolute Gasteiger partial charge is 0.396 e. The minimum Gasteiger partial charge on any atom is -0.396 e. The third-order valence-electron chi connectivity index (χ3n) is 10.6. The van der Waals surface area contributed by atoms with Gasteiger partial charge in [-0.2, -0.15) is 4.58 Å². The van der Waals surface area contributed by atoms with Crippen LogP contribution in [-0.2, 0) is 16.2 Å². The second kappa shape index (κ2) is 11.3. The van der Waals surface area contributed by atoms with Crippen molar-refractivity contribution in [3.8, 4) is 11.1 Å². The number of allylic oxidation sites excluding steroid dienone is 4. The molecule has 0 aromatic heterocycles. The first-order valence-corrected chi connectivity index (χ1v) is 16.5. The monoisotopic (exact) mass is 604 g/mol. The van der Waals surface area contributed by atoms with Gasteiger partial charge in [0.2, 0.25) is 5.69 Å². The molecule has 3 aliphatic rings. The van der Waals surface area contributed by atoms with Crippen LogP contribution in [0.3, 0.4) is 0 Å². The molecule has 0 unspecified atom stereocenters. The van der Waals surface area contributed by atoms with Gasteiger partial charge in [0.1, 0.15) is 0 Å². The number of aliphatic hydroxyl groups is 2. The predicted octanol–water partition coefficient (Wildman–Crippen LogP) is 7.44. The Kier molecular flexibility index (Phi) is 7.86. The lowest BCUT2D eigenvalue weighted by atomic mass is 9.76. The average molecular weight is 605 g/mol. The van der Waals surface area contributed by atoms with Gasteiger partial charge >= 0.3 is 0 Å². The molecule has 3 aromatic rings. The van der Waals surface area contributed by atoms with Gasteiger partial charge in [0.15, 0.2) is 12.3 Å². The molecule has 0 amide bonds. The minimum atomic E-state index is -0.232. The summed E-state index contributed by atoms with van der Waals surface area (Å²) in [6.45, 7) is 15.9. The van der Waals surface area contributed by atoms with Crippen LogP contribution in [0.4, 0.5) is 17.1 Å². The molecule has 0 saturated carbocycles. The van der Waals surface area contributed by atoms with Crippen molar-refractivity contribution in [2.75, 3.05) is 50.2 Å². The van der Waals surface area contributed by atoms with Crippen LogP contribution in [0.25, 0.3) is 11.1 Å². The van der Waals surface area contributed by atoms with Gasteiger partial charge in [-0.3, -0.25) is 0 Å². The number of hydrogen-bond donors (Lipinski definition) is 2. The van der Waals surface area contributed by atoms with Gasteiger partial charge in [-0.05, 0) is 72.4 Å². The molecule has 2 N–H and O–H groups in total. The summed E-state index contributed by atoms with van der Waals surface area (Å²) < 4.78 is 2.44. The molecule has 0 radical (unpaired) electrons. The molecule has 2 heterocycles. The van der Waals surface area contributed by atoms with Crippen LogP contribution in [0.1, 0.15) is 76.6 Å². The lowest BCUT2D eigenvalue weighted by Gasteiger charge is -2.27. The number of nitrogens with zero attached hydrogens (tertiary/aromatic N) is 3. The Bertz CT molecular complexity index is 1740. The van der Waals surface area contributed by atoms with E-state index in [1.54, 1.807) is 0 Å². The van der Waals surface area contributed by atoms with E-state index in [-0.39, 0.29) is 29.5 Å². The summed E-state index contributed by atoms with van der Waals surface area (Å²) in [4.78, 5) is 4.55. The Labute approximate surface area is 269 Å². The molecule has 0 spiro atoms. The molecule has 1 aliphatic carbocycles. The number of fused-ring (bicyclic) bond motifs is 6. The SMILES string of the molecule is CN(C)c1ccc2c(c1)C(C)(C)/C(=C\C=C\C1=[N+](CCCO)c3ccc4c(c3C1(C)C)-c1ccccc1C4(C)C)N2CCCO. The van der Waals surface area contributed by atoms with Crippen LogP contribution in [0.5, 0.6) is 0 Å². The van der Waals surface area contributed by atoms with Gasteiger partial charge < -0.3 is 20.0 Å². The maximum absolute atomic E-state index is 9.87. The van der Waals surface area contributed by atoms with Crippen LogP contribution in [0.2, 0.25) is 0 Å². The van der Waals surface area contributed by atoms with Crippen LogP contribution < -0.4 is 9.80 Å². The van der Waals surface area contributed by atoms with E-state index in [2.05, 4.69) is 143 Å². The van der Waals surface area contributed by atoms with Gasteiger partial charge in [0.05, 0.1) is 5.41 Å². The zero-order chi connectivity index (χ0) is 32.3. The number of benzene rings is 3. The maximum Gasteiger partial charge on any atom is 0.210 e. The molecule has 236 valence electrons. The van der Waals surface area contributed by atoms with E-state index in [0.29, 0.717) is 12.8 Å². The second-order valence-electron chi connectivity index (χ2n) is 14.7. The van der Waals surface area contributed by atoms with Crippen molar-refractivity contribution in [3.63, 3.8) is 0 Å². The summed E-state index contributed by atoms with van der Waals surface area (Å²) in [7, 11) is 4.17. The fourth-order valence-electron chi connectivity index (χ4n) is 8.15. The molecule has 45 heavy (non-hydrogen) atoms. The van der Waals surface area contributed by atoms with E-state index < -0.39 is 0 Å². The molecular formula is C40H50N3O2+. The summed E-state index contributed by atoms with van der Waals surface area (Å²) in [5.41, 5.74) is 13.9. The zero-order valence-electron chi connectivity index (χ0n) is 28.4. The zero-order valence-corrected chi connectivity index (χ0v) is 28.4. The van der Waals surface area contributed by atoms with E-state index in [4.69, 9.17) is 0 Å². The standard InChI is InChI=1S/C40H50N3O2/c1-38(2)29-15-10-9-14-28(29)36-30(38)19-21-33-37(36)40(5,6)35(43(33)23-13-25-45)17-11-16-34-39(3,4)31-26-27(41(7)8)18-20-32(31)42(34)22-12-24-44/h9-11,14-21,26,44-45H,12-13,22-25H2,1-8H3/q+1. The summed E-state index contributed by atoms with van der Waals surface area (Å²) in [6.07, 6.45) is 8.24. The average Bonchev–Trinajstić information content (AvgIpc) is 3.47. The highest BCUT2D eigenvalue weighted by molar-refractivity contribution is 6.06. The second-order valence-corrected chi connectivity index (χ2v) is 14.7. The maximum atomic E-state index is 9.87. The molecule has 0 bridgehead atoms. The molecule has 2 aliphatic heterocycles. The van der Waals surface area contributed by atoms with Crippen molar-refractivity contribution < 1.29 is 14.8 Å². The Hall–Kier alpha value is -3.67. The van der Waals surface area contributed by atoms with Gasteiger partial charge in [0.25, 0.3) is 0 Å². The number of rotatable bonds is 9. The normalized spacial score (nSPS) is 19.3. The van der Waals surface area contributed by atoms with Crippen LogP contribution in [0.15, 0.2) is 78.5 Å². The Morgan fingerprint density at radius 1 is 0.800 bits per heavy atom. The van der Waals surface area contributed by atoms with E-state index >= 15 is 0 Å². The van der Waals surface area contributed by atoms with Crippen molar-refractivity contribution in [3.05, 3.63) is 101 Å². The molecular weight excluding hydrogens is 554 g/mol. The van der Waals surface area contributed by atoms with Gasteiger partial charge in [-0.25, -0.2) is 0 Å². The summed E-state index contributed by atoms with van der Waals surface area (Å²) >= 11 is 0. The highest BCUT2D eigenvalue weighted by Crippen LogP contribution is 2.56. The smallest absolute Gasteiger partial charge is 0.210 e. The summed E-state index contributed by atoms with van der Waals surface area (Å²) in [6, 6.07) is 20.3. The van der Waals surface area contributed by atoms with E-state index in [0.717, 1.165) is 13.1 Å². The molecule has 5 heteroatoms. The fourth-order valence-corrected chi connectivity index (χ4v) is 8.15. The fraction of sp³-hybridized carbons (Fsp3) is 0.425. The third kappa shape index (κ3) is 4.78. The van der Waals surface area contributed by atoms with Gasteiger partial charge in [-0.15, -0.1) is 0 Å². The van der Waals surface area contributed by atoms with Crippen molar-refractivity contribution in [2.45, 2.75) is 70.6 Å². The number of hydrogen-bond acceptors (Lipinski definition) is 4. The lowest BCUT2D eigenvalue weighted by molar-refractivity contribution is -0.438. The summed E-state index contributed by atoms with van der Waals surface area (Å²) in [5, 5.41) is 19.6. The van der Waals surface area contributed by atoms with Gasteiger partial charge in [0, 0.05) is 85.9 Å². The van der Waals surface area contributed by atoms with Crippen molar-refractivity contribution in [2.24, 2.45) is 0 Å². The van der Waals surface area contributed by atoms with Crippen LogP contribution in [-0.4, -0.2) is 60.9 Å². The highest BCUT2D eigenvalue weighted by atomic mass is 16.3. The quantitative estimate of drug-likeness (QED) is 0.249. The lowest BCUT2D eigenvalue weighted by Crippen LogP contribution is -2.29. The molecule has 5 nitrogen and oxygen atoms in total. The molecule has 0 saturated heterocycles. The molecule has 6 rings (SSSR count). The van der Waals surface area contributed by atoms with E-state index in [9.17, 15) is 10.2 Å². The van der Waals surface area contributed by atoms with Crippen molar-refractivity contribution in [1.82, 2.24) is 0 Å². The summed E-state index contributed by atoms with van der Waals surface area (Å²) in [5.74, 6) is 0. The van der Waals surface area contributed by atoms with E-state index in [1.807, 2.05) is 0 Å². The van der Waals surface area contributed by atoms with Crippen LogP contribution in [0, 0.1) is 0 Å². The first-order chi connectivity index (χ1) is 21.4. The third-order valence-corrected chi connectivity index (χ3v) is 10.6. The Morgan fingerprint density at radius 2 is 1.53 bits per heavy atom. The van der Waals surface area contributed by atoms with Crippen molar-refractivity contribution in [1.29, 1.82) is 0 Å². The first-order valence-electron chi connectivity index (χ1n) is 16.5. The topological polar surface area (TPSA) is 50.0 Å². The number of aliphatic hydroxyl groups excluding tert-OH is 2. The molecule has 0 atom stereocenters. The Morgan fingerprint density at radius 3 is 2.24 bits per heavy atom. The molecule has 3 aromatic carbocycles. The Balaban J connectivity index is 1.46. The van der Waals surface area contributed by atoms with Crippen LogP contribution >= 0.6 is 0 Å². The first kappa shape index (κ1) is 31.3. The predicted molar refractivity (Wildman–Crippen MR) is 189 cm³/mol.